The molecular formula is C12H21N. The van der Waals surface area contributed by atoms with Crippen molar-refractivity contribution in [1.29, 1.82) is 0 Å². The van der Waals surface area contributed by atoms with Crippen molar-refractivity contribution in [2.24, 2.45) is 5.92 Å². The van der Waals surface area contributed by atoms with Gasteiger partial charge in [0.1, 0.15) is 0 Å². The lowest BCUT2D eigenvalue weighted by Crippen LogP contribution is -2.32. The average Bonchev–Trinajstić information content (AvgIpc) is 2.39. The van der Waals surface area contributed by atoms with E-state index in [1.54, 1.807) is 0 Å². The van der Waals surface area contributed by atoms with Gasteiger partial charge in [0.2, 0.25) is 0 Å². The third kappa shape index (κ3) is 3.40. The van der Waals surface area contributed by atoms with Crippen molar-refractivity contribution < 1.29 is 0 Å². The first kappa shape index (κ1) is 10.6. The highest BCUT2D eigenvalue weighted by atomic mass is 14.9. The highest BCUT2D eigenvalue weighted by Gasteiger charge is 2.20. The Hall–Kier alpha value is -0.480. The minimum Gasteiger partial charge on any atom is -0.317 e. The van der Waals surface area contributed by atoms with Crippen LogP contribution in [-0.4, -0.2) is 13.1 Å². The second-order valence-electron chi connectivity index (χ2n) is 3.92. The summed E-state index contributed by atoms with van der Waals surface area (Å²) in [6.07, 6.45) is 7.98. The Kier molecular flexibility index (Phi) is 4.93. The van der Waals surface area contributed by atoms with Crippen LogP contribution in [-0.2, 0) is 0 Å². The van der Waals surface area contributed by atoms with Crippen LogP contribution in [0.1, 0.15) is 45.4 Å². The minimum atomic E-state index is 0.711. The minimum absolute atomic E-state index is 0.711. The molecule has 0 aliphatic heterocycles. The second-order valence-corrected chi connectivity index (χ2v) is 3.92. The van der Waals surface area contributed by atoms with Gasteiger partial charge >= 0.3 is 0 Å². The first-order valence-electron chi connectivity index (χ1n) is 5.45. The largest absolute Gasteiger partial charge is 0.317 e. The van der Waals surface area contributed by atoms with Crippen LogP contribution in [0.3, 0.4) is 0 Å². The van der Waals surface area contributed by atoms with Crippen molar-refractivity contribution in [3.8, 4) is 11.8 Å². The summed E-state index contributed by atoms with van der Waals surface area (Å²) in [5, 5.41) is 3.44. The fraction of sp³-hybridized carbons (Fsp3) is 0.833. The lowest BCUT2D eigenvalue weighted by Gasteiger charge is -2.22. The van der Waals surface area contributed by atoms with E-state index in [-0.39, 0.29) is 0 Å². The van der Waals surface area contributed by atoms with Gasteiger partial charge in [-0.1, -0.05) is 19.3 Å². The molecular weight excluding hydrogens is 158 g/mol. The summed E-state index contributed by atoms with van der Waals surface area (Å²) >= 11 is 0. The van der Waals surface area contributed by atoms with Crippen LogP contribution in [0.25, 0.3) is 0 Å². The third-order valence-corrected chi connectivity index (χ3v) is 3.07. The molecule has 74 valence electrons. The first-order chi connectivity index (χ1) is 6.38. The fourth-order valence-electron chi connectivity index (χ4n) is 2.24. The van der Waals surface area contributed by atoms with E-state index >= 15 is 0 Å². The molecule has 1 rings (SSSR count). The van der Waals surface area contributed by atoms with Gasteiger partial charge in [-0.25, -0.2) is 0 Å². The van der Waals surface area contributed by atoms with E-state index in [4.69, 9.17) is 0 Å². The quantitative estimate of drug-likeness (QED) is 0.507. The lowest BCUT2D eigenvalue weighted by molar-refractivity contribution is 0.358. The van der Waals surface area contributed by atoms with E-state index in [0.29, 0.717) is 6.04 Å². The number of nitrogens with one attached hydrogen (secondary N) is 1. The van der Waals surface area contributed by atoms with E-state index in [1.165, 1.54) is 32.1 Å². The van der Waals surface area contributed by atoms with Crippen molar-refractivity contribution in [1.82, 2.24) is 5.32 Å². The van der Waals surface area contributed by atoms with Gasteiger partial charge in [-0.2, -0.15) is 0 Å². The number of hydrogen-bond donors (Lipinski definition) is 1. The molecule has 1 heteroatoms. The van der Waals surface area contributed by atoms with E-state index in [2.05, 4.69) is 24.2 Å². The van der Waals surface area contributed by atoms with E-state index in [9.17, 15) is 0 Å². The molecule has 0 radical (unpaired) electrons. The smallest absolute Gasteiger partial charge is 0.0132 e. The normalized spacial score (nSPS) is 28.8. The van der Waals surface area contributed by atoms with Gasteiger partial charge in [0.15, 0.2) is 0 Å². The molecule has 0 aromatic rings. The zero-order valence-electron chi connectivity index (χ0n) is 8.90. The molecule has 0 heterocycles. The van der Waals surface area contributed by atoms with Crippen molar-refractivity contribution in [3.63, 3.8) is 0 Å². The predicted octanol–water partition coefficient (Wildman–Crippen LogP) is 2.57. The molecule has 0 bridgehead atoms. The van der Waals surface area contributed by atoms with Crippen molar-refractivity contribution in [3.05, 3.63) is 0 Å². The highest BCUT2D eigenvalue weighted by molar-refractivity contribution is 4.98. The fourth-order valence-corrected chi connectivity index (χ4v) is 2.24. The molecule has 13 heavy (non-hydrogen) atoms. The topological polar surface area (TPSA) is 12.0 Å². The van der Waals surface area contributed by atoms with Gasteiger partial charge in [0.05, 0.1) is 0 Å². The summed E-state index contributed by atoms with van der Waals surface area (Å²) in [5.41, 5.74) is 0. The van der Waals surface area contributed by atoms with Gasteiger partial charge in [0, 0.05) is 12.5 Å². The molecule has 1 saturated carbocycles. The van der Waals surface area contributed by atoms with E-state index < -0.39 is 0 Å². The third-order valence-electron chi connectivity index (χ3n) is 3.07. The van der Waals surface area contributed by atoms with Crippen LogP contribution in [0, 0.1) is 17.8 Å². The Balaban J connectivity index is 2.47. The monoisotopic (exact) mass is 179 g/mol. The Morgan fingerprint density at radius 2 is 2.00 bits per heavy atom. The summed E-state index contributed by atoms with van der Waals surface area (Å²) in [6, 6.07) is 0.711. The van der Waals surface area contributed by atoms with Crippen LogP contribution < -0.4 is 5.32 Å². The summed E-state index contributed by atoms with van der Waals surface area (Å²) < 4.78 is 0. The summed E-state index contributed by atoms with van der Waals surface area (Å²) in [7, 11) is 2.09. The molecule has 1 fully saturated rings. The maximum absolute atomic E-state index is 3.44. The first-order valence-corrected chi connectivity index (χ1v) is 5.45. The second kappa shape index (κ2) is 6.05. The van der Waals surface area contributed by atoms with Gasteiger partial charge in [-0.05, 0) is 32.7 Å². The standard InChI is InChI=1S/C12H21N/c1-3-4-8-11-9-6-5-7-10-12(11)13-2/h11-13H,5-10H2,1-2H3. The van der Waals surface area contributed by atoms with Crippen LogP contribution >= 0.6 is 0 Å². The Bertz CT molecular complexity index is 187. The SMILES string of the molecule is CC#CCC1CCCCCC1NC. The molecule has 2 atom stereocenters. The zero-order chi connectivity index (χ0) is 9.52. The van der Waals surface area contributed by atoms with Crippen molar-refractivity contribution in [2.75, 3.05) is 7.05 Å². The molecule has 0 spiro atoms. The Morgan fingerprint density at radius 1 is 1.23 bits per heavy atom. The number of rotatable bonds is 2. The Morgan fingerprint density at radius 3 is 2.69 bits per heavy atom. The summed E-state index contributed by atoms with van der Waals surface area (Å²) in [5.74, 6) is 7.01. The van der Waals surface area contributed by atoms with E-state index in [0.717, 1.165) is 12.3 Å². The Labute approximate surface area is 82.3 Å². The molecule has 1 nitrogen and oxygen atoms in total. The van der Waals surface area contributed by atoms with Gasteiger partial charge in [0.25, 0.3) is 0 Å². The molecule has 1 aliphatic carbocycles. The molecule has 0 amide bonds. The van der Waals surface area contributed by atoms with Crippen LogP contribution in [0.4, 0.5) is 0 Å². The maximum Gasteiger partial charge on any atom is 0.0132 e. The zero-order valence-corrected chi connectivity index (χ0v) is 8.90. The van der Waals surface area contributed by atoms with Crippen molar-refractivity contribution >= 4 is 0 Å². The number of hydrogen-bond acceptors (Lipinski definition) is 1. The van der Waals surface area contributed by atoms with Gasteiger partial charge < -0.3 is 5.32 Å². The summed E-state index contributed by atoms with van der Waals surface area (Å²) in [6.45, 7) is 1.94. The molecule has 0 aromatic heterocycles. The van der Waals surface area contributed by atoms with Gasteiger partial charge in [-0.15, -0.1) is 11.8 Å². The maximum atomic E-state index is 3.44. The van der Waals surface area contributed by atoms with Crippen LogP contribution in [0.5, 0.6) is 0 Å². The lowest BCUT2D eigenvalue weighted by atomic mass is 9.92. The van der Waals surface area contributed by atoms with Crippen LogP contribution in [0.15, 0.2) is 0 Å². The highest BCUT2D eigenvalue weighted by Crippen LogP contribution is 2.25. The molecule has 2 unspecified atom stereocenters. The van der Waals surface area contributed by atoms with E-state index in [1.807, 2.05) is 6.92 Å². The van der Waals surface area contributed by atoms with Gasteiger partial charge in [-0.3, -0.25) is 0 Å². The van der Waals surface area contributed by atoms with Crippen molar-refractivity contribution in [2.45, 2.75) is 51.5 Å². The van der Waals surface area contributed by atoms with Crippen LogP contribution in [0.2, 0.25) is 0 Å². The molecule has 1 N–H and O–H groups in total. The predicted molar refractivity (Wildman–Crippen MR) is 57.5 cm³/mol. The summed E-state index contributed by atoms with van der Waals surface area (Å²) in [4.78, 5) is 0. The average molecular weight is 179 g/mol. The molecule has 0 aromatic carbocycles. The molecule has 1 aliphatic rings. The molecule has 0 saturated heterocycles.